The maximum absolute atomic E-state index is 12.7. The topological polar surface area (TPSA) is 49.4 Å². The Balaban J connectivity index is 2.03. The van der Waals surface area contributed by atoms with E-state index in [9.17, 15) is 8.42 Å². The molecule has 0 amide bonds. The molecule has 0 radical (unpaired) electrons. The molecule has 0 aromatic carbocycles. The fourth-order valence-corrected chi connectivity index (χ4v) is 4.86. The summed E-state index contributed by atoms with van der Waals surface area (Å²) >= 11 is 0. The normalized spacial score (nSPS) is 35.3. The lowest BCUT2D eigenvalue weighted by Gasteiger charge is -2.41. The first-order chi connectivity index (χ1) is 8.82. The van der Waals surface area contributed by atoms with Crippen molar-refractivity contribution in [2.24, 2.45) is 11.8 Å². The third-order valence-electron chi connectivity index (χ3n) is 4.65. The van der Waals surface area contributed by atoms with Crippen molar-refractivity contribution in [1.29, 1.82) is 0 Å². The van der Waals surface area contributed by atoms with E-state index in [2.05, 4.69) is 26.1 Å². The molecule has 4 unspecified atom stereocenters. The molecule has 1 aliphatic heterocycles. The van der Waals surface area contributed by atoms with Gasteiger partial charge in [0.2, 0.25) is 10.0 Å². The van der Waals surface area contributed by atoms with Crippen molar-refractivity contribution in [3.8, 4) is 0 Å². The van der Waals surface area contributed by atoms with Crippen molar-refractivity contribution < 1.29 is 8.42 Å². The van der Waals surface area contributed by atoms with E-state index >= 15 is 0 Å². The molecule has 0 aromatic heterocycles. The largest absolute Gasteiger partial charge is 0.313 e. The molecule has 2 aliphatic rings. The lowest BCUT2D eigenvalue weighted by atomic mass is 9.88. The van der Waals surface area contributed by atoms with Gasteiger partial charge in [-0.05, 0) is 44.9 Å². The average molecular weight is 288 g/mol. The number of rotatable bonds is 5. The Bertz CT molecular complexity index is 406. The van der Waals surface area contributed by atoms with E-state index in [1.165, 1.54) is 12.8 Å². The highest BCUT2D eigenvalue weighted by Gasteiger charge is 2.39. The molecule has 0 aromatic rings. The van der Waals surface area contributed by atoms with Gasteiger partial charge in [0.1, 0.15) is 0 Å². The lowest BCUT2D eigenvalue weighted by Crippen LogP contribution is -2.52. The molecule has 1 heterocycles. The van der Waals surface area contributed by atoms with E-state index in [4.69, 9.17) is 0 Å². The molecule has 19 heavy (non-hydrogen) atoms. The van der Waals surface area contributed by atoms with Crippen LogP contribution in [0.5, 0.6) is 0 Å². The van der Waals surface area contributed by atoms with E-state index in [0.717, 1.165) is 6.42 Å². The Kier molecular flexibility index (Phi) is 4.58. The Morgan fingerprint density at radius 2 is 1.89 bits per heavy atom. The van der Waals surface area contributed by atoms with E-state index < -0.39 is 10.0 Å². The van der Waals surface area contributed by atoms with Gasteiger partial charge in [-0.3, -0.25) is 0 Å². The van der Waals surface area contributed by atoms with E-state index in [1.807, 2.05) is 6.92 Å². The molecule has 4 atom stereocenters. The van der Waals surface area contributed by atoms with Crippen LogP contribution in [-0.4, -0.2) is 43.1 Å². The molecule has 2 fully saturated rings. The molecule has 0 bridgehead atoms. The molecule has 5 heteroatoms. The van der Waals surface area contributed by atoms with Crippen LogP contribution in [-0.2, 0) is 10.0 Å². The Morgan fingerprint density at radius 3 is 2.47 bits per heavy atom. The van der Waals surface area contributed by atoms with Gasteiger partial charge in [-0.25, -0.2) is 8.42 Å². The number of piperidine rings is 1. The number of hydrogen-bond acceptors (Lipinski definition) is 3. The van der Waals surface area contributed by atoms with Gasteiger partial charge in [-0.2, -0.15) is 4.31 Å². The van der Waals surface area contributed by atoms with Gasteiger partial charge in [0.25, 0.3) is 0 Å². The van der Waals surface area contributed by atoms with Gasteiger partial charge in [0, 0.05) is 25.2 Å². The summed E-state index contributed by atoms with van der Waals surface area (Å²) in [6, 6.07) is 0.693. The summed E-state index contributed by atoms with van der Waals surface area (Å²) in [6.45, 7) is 9.46. The summed E-state index contributed by atoms with van der Waals surface area (Å²) in [5, 5.41) is 3.01. The van der Waals surface area contributed by atoms with Crippen LogP contribution in [0.15, 0.2) is 0 Å². The van der Waals surface area contributed by atoms with E-state index in [0.29, 0.717) is 31.0 Å². The monoisotopic (exact) mass is 288 g/mol. The van der Waals surface area contributed by atoms with Crippen LogP contribution < -0.4 is 5.32 Å². The Labute approximate surface area is 118 Å². The van der Waals surface area contributed by atoms with Gasteiger partial charge in [-0.1, -0.05) is 13.8 Å². The molecular formula is C14H28N2O2S. The van der Waals surface area contributed by atoms with Crippen molar-refractivity contribution in [1.82, 2.24) is 9.62 Å². The maximum atomic E-state index is 12.7. The summed E-state index contributed by atoms with van der Waals surface area (Å²) in [5.41, 5.74) is 0. The molecule has 1 saturated carbocycles. The minimum atomic E-state index is -3.17. The Morgan fingerprint density at radius 1 is 1.26 bits per heavy atom. The fourth-order valence-electron chi connectivity index (χ4n) is 2.96. The highest BCUT2D eigenvalue weighted by atomic mass is 32.2. The number of nitrogens with zero attached hydrogens (tertiary/aromatic N) is 1. The summed E-state index contributed by atoms with van der Waals surface area (Å²) in [5.74, 6) is 0.909. The second-order valence-corrected chi connectivity index (χ2v) is 8.97. The molecule has 0 spiro atoms. The minimum absolute atomic E-state index is 0.129. The molecule has 112 valence electrons. The van der Waals surface area contributed by atoms with Crippen LogP contribution in [0.1, 0.15) is 47.0 Å². The van der Waals surface area contributed by atoms with Crippen LogP contribution >= 0.6 is 0 Å². The van der Waals surface area contributed by atoms with Crippen LogP contribution in [0.4, 0.5) is 0 Å². The van der Waals surface area contributed by atoms with Crippen molar-refractivity contribution in [3.63, 3.8) is 0 Å². The van der Waals surface area contributed by atoms with Crippen molar-refractivity contribution in [3.05, 3.63) is 0 Å². The second-order valence-electron chi connectivity index (χ2n) is 6.67. The van der Waals surface area contributed by atoms with Crippen LogP contribution in [0.25, 0.3) is 0 Å². The van der Waals surface area contributed by atoms with E-state index in [-0.39, 0.29) is 11.3 Å². The third kappa shape index (κ3) is 3.50. The molecule has 4 nitrogen and oxygen atoms in total. The number of sulfonamides is 1. The van der Waals surface area contributed by atoms with E-state index in [1.54, 1.807) is 4.31 Å². The smallest absolute Gasteiger partial charge is 0.218 e. The zero-order valence-corrected chi connectivity index (χ0v) is 13.4. The standard InChI is InChI=1S/C14H28N2O2S/c1-10-7-11(2)13(4)16(9-10)19(17,18)12(3)8-15-14-5-6-14/h10-15H,5-9H2,1-4H3. The van der Waals surface area contributed by atoms with Gasteiger partial charge in [0.15, 0.2) is 0 Å². The summed E-state index contributed by atoms with van der Waals surface area (Å²) in [6.07, 6.45) is 3.52. The first-order valence-corrected chi connectivity index (χ1v) is 9.06. The summed E-state index contributed by atoms with van der Waals surface area (Å²) in [4.78, 5) is 0. The van der Waals surface area contributed by atoms with Crippen molar-refractivity contribution in [2.45, 2.75) is 64.3 Å². The highest BCUT2D eigenvalue weighted by molar-refractivity contribution is 7.89. The minimum Gasteiger partial charge on any atom is -0.313 e. The first-order valence-electron chi connectivity index (χ1n) is 7.56. The second kappa shape index (κ2) is 5.70. The van der Waals surface area contributed by atoms with Crippen molar-refractivity contribution >= 4 is 10.0 Å². The average Bonchev–Trinajstić information content (AvgIpc) is 3.14. The number of nitrogens with one attached hydrogen (secondary N) is 1. The van der Waals surface area contributed by atoms with Crippen molar-refractivity contribution in [2.75, 3.05) is 13.1 Å². The van der Waals surface area contributed by atoms with Gasteiger partial charge >= 0.3 is 0 Å². The van der Waals surface area contributed by atoms with Gasteiger partial charge < -0.3 is 5.32 Å². The zero-order valence-electron chi connectivity index (χ0n) is 12.6. The molecule has 1 N–H and O–H groups in total. The lowest BCUT2D eigenvalue weighted by molar-refractivity contribution is 0.156. The molecule has 2 rings (SSSR count). The summed E-state index contributed by atoms with van der Waals surface area (Å²) in [7, 11) is -3.17. The predicted octanol–water partition coefficient (Wildman–Crippen LogP) is 1.82. The maximum Gasteiger partial charge on any atom is 0.218 e. The number of hydrogen-bond donors (Lipinski definition) is 1. The van der Waals surface area contributed by atoms with Gasteiger partial charge in [0.05, 0.1) is 5.25 Å². The summed E-state index contributed by atoms with van der Waals surface area (Å²) < 4.78 is 27.2. The highest BCUT2D eigenvalue weighted by Crippen LogP contribution is 2.30. The quantitative estimate of drug-likeness (QED) is 0.839. The molecule has 1 saturated heterocycles. The van der Waals surface area contributed by atoms with Gasteiger partial charge in [-0.15, -0.1) is 0 Å². The predicted molar refractivity (Wildman–Crippen MR) is 78.5 cm³/mol. The van der Waals surface area contributed by atoms with Crippen LogP contribution in [0.3, 0.4) is 0 Å². The Hall–Kier alpha value is -0.130. The van der Waals surface area contributed by atoms with Crippen LogP contribution in [0, 0.1) is 11.8 Å². The fraction of sp³-hybridized carbons (Fsp3) is 1.00. The third-order valence-corrected chi connectivity index (χ3v) is 6.97. The molecule has 1 aliphatic carbocycles. The SMILES string of the molecule is CC1CC(C)C(C)N(S(=O)(=O)C(C)CNC2CC2)C1. The zero-order chi connectivity index (χ0) is 14.2. The first kappa shape index (κ1) is 15.3. The van der Waals surface area contributed by atoms with Crippen LogP contribution in [0.2, 0.25) is 0 Å². The molecular weight excluding hydrogens is 260 g/mol.